The second-order valence-electron chi connectivity index (χ2n) is 7.40. The number of piperidine rings is 1. The number of nitrogens with one attached hydrogen (secondary N) is 2. The van der Waals surface area contributed by atoms with Crippen LogP contribution in [0.25, 0.3) is 5.69 Å². The SMILES string of the molecule is CC(C)c1cc(C(=O)Nc2ncc(C3CCNCC3)s2)nn1-c1ccccc1. The molecule has 1 aliphatic heterocycles. The first kappa shape index (κ1) is 18.8. The fourth-order valence-corrected chi connectivity index (χ4v) is 4.47. The molecule has 0 aliphatic carbocycles. The normalized spacial score (nSPS) is 15.1. The van der Waals surface area contributed by atoms with Gasteiger partial charge in [-0.25, -0.2) is 9.67 Å². The van der Waals surface area contributed by atoms with Gasteiger partial charge in [0.25, 0.3) is 5.91 Å². The molecule has 1 amide bonds. The molecule has 2 aromatic heterocycles. The average Bonchev–Trinajstić information content (AvgIpc) is 3.37. The first-order chi connectivity index (χ1) is 13.6. The molecule has 0 unspecified atom stereocenters. The lowest BCUT2D eigenvalue weighted by molar-refractivity contribution is 0.102. The molecular formula is C21H25N5OS. The van der Waals surface area contributed by atoms with Gasteiger partial charge in [0.05, 0.1) is 5.69 Å². The summed E-state index contributed by atoms with van der Waals surface area (Å²) in [7, 11) is 0. The first-order valence-electron chi connectivity index (χ1n) is 9.75. The summed E-state index contributed by atoms with van der Waals surface area (Å²) < 4.78 is 1.85. The molecule has 1 saturated heterocycles. The fourth-order valence-electron chi connectivity index (χ4n) is 3.49. The maximum Gasteiger partial charge on any atom is 0.277 e. The Balaban J connectivity index is 1.53. The number of carbonyl (C=O) groups excluding carboxylic acids is 1. The van der Waals surface area contributed by atoms with Gasteiger partial charge in [-0.1, -0.05) is 32.0 Å². The van der Waals surface area contributed by atoms with Crippen LogP contribution in [0, 0.1) is 0 Å². The molecule has 4 rings (SSSR count). The molecule has 6 nitrogen and oxygen atoms in total. The fraction of sp³-hybridized carbons (Fsp3) is 0.381. The molecule has 1 aliphatic rings. The van der Waals surface area contributed by atoms with E-state index in [9.17, 15) is 4.79 Å². The van der Waals surface area contributed by atoms with Gasteiger partial charge in [-0.2, -0.15) is 5.10 Å². The Hall–Kier alpha value is -2.51. The lowest BCUT2D eigenvalue weighted by Gasteiger charge is -2.20. The standard InChI is InChI=1S/C21H25N5OS/c1-14(2)18-12-17(25-26(18)16-6-4-3-5-7-16)20(27)24-21-23-13-19(28-21)15-8-10-22-11-9-15/h3-7,12-15,22H,8-11H2,1-2H3,(H,23,24,27). The number of anilines is 1. The zero-order valence-corrected chi connectivity index (χ0v) is 17.0. The Labute approximate surface area is 169 Å². The maximum atomic E-state index is 12.8. The highest BCUT2D eigenvalue weighted by atomic mass is 32.1. The molecule has 1 aromatic carbocycles. The van der Waals surface area contributed by atoms with E-state index in [-0.39, 0.29) is 11.8 Å². The summed E-state index contributed by atoms with van der Waals surface area (Å²) in [4.78, 5) is 18.4. The van der Waals surface area contributed by atoms with Crippen molar-refractivity contribution in [2.24, 2.45) is 0 Å². The number of amides is 1. The number of benzene rings is 1. The third kappa shape index (κ3) is 4.00. The van der Waals surface area contributed by atoms with E-state index in [0.29, 0.717) is 16.7 Å². The van der Waals surface area contributed by atoms with E-state index in [1.165, 1.54) is 4.88 Å². The van der Waals surface area contributed by atoms with Crippen molar-refractivity contribution in [2.75, 3.05) is 18.4 Å². The van der Waals surface area contributed by atoms with Gasteiger partial charge in [-0.05, 0) is 56.0 Å². The Kier molecular flexibility index (Phi) is 5.54. The number of hydrogen-bond acceptors (Lipinski definition) is 5. The highest BCUT2D eigenvalue weighted by Gasteiger charge is 2.21. The molecule has 3 aromatic rings. The molecule has 28 heavy (non-hydrogen) atoms. The molecular weight excluding hydrogens is 370 g/mol. The lowest BCUT2D eigenvalue weighted by atomic mass is 9.97. The van der Waals surface area contributed by atoms with Crippen molar-refractivity contribution in [1.82, 2.24) is 20.1 Å². The third-order valence-electron chi connectivity index (χ3n) is 5.05. The van der Waals surface area contributed by atoms with E-state index in [2.05, 4.69) is 34.6 Å². The Morgan fingerprint density at radius 1 is 1.25 bits per heavy atom. The summed E-state index contributed by atoms with van der Waals surface area (Å²) in [6.45, 7) is 6.28. The monoisotopic (exact) mass is 395 g/mol. The van der Waals surface area contributed by atoms with Gasteiger partial charge in [-0.3, -0.25) is 10.1 Å². The molecule has 0 spiro atoms. The number of rotatable bonds is 5. The van der Waals surface area contributed by atoms with Crippen molar-refractivity contribution >= 4 is 22.4 Å². The second-order valence-corrected chi connectivity index (χ2v) is 8.46. The van der Waals surface area contributed by atoms with Crippen molar-refractivity contribution in [3.8, 4) is 5.69 Å². The van der Waals surface area contributed by atoms with Gasteiger partial charge in [-0.15, -0.1) is 11.3 Å². The maximum absolute atomic E-state index is 12.8. The molecule has 0 saturated carbocycles. The summed E-state index contributed by atoms with van der Waals surface area (Å²) in [5.41, 5.74) is 2.37. The van der Waals surface area contributed by atoms with Crippen molar-refractivity contribution in [3.63, 3.8) is 0 Å². The third-order valence-corrected chi connectivity index (χ3v) is 6.12. The predicted molar refractivity (Wildman–Crippen MR) is 113 cm³/mol. The van der Waals surface area contributed by atoms with Crippen molar-refractivity contribution in [3.05, 3.63) is 58.9 Å². The largest absolute Gasteiger partial charge is 0.317 e. The summed E-state index contributed by atoms with van der Waals surface area (Å²) in [6, 6.07) is 11.8. The van der Waals surface area contributed by atoms with Crippen LogP contribution in [0.5, 0.6) is 0 Å². The van der Waals surface area contributed by atoms with E-state index in [1.54, 1.807) is 11.3 Å². The van der Waals surface area contributed by atoms with Gasteiger partial charge < -0.3 is 5.32 Å². The van der Waals surface area contributed by atoms with E-state index < -0.39 is 0 Å². The number of carbonyl (C=O) groups is 1. The van der Waals surface area contributed by atoms with Crippen molar-refractivity contribution < 1.29 is 4.79 Å². The molecule has 146 valence electrons. The minimum Gasteiger partial charge on any atom is -0.317 e. The van der Waals surface area contributed by atoms with Crippen LogP contribution in [0.4, 0.5) is 5.13 Å². The predicted octanol–water partition coefficient (Wildman–Crippen LogP) is 4.17. The molecule has 0 atom stereocenters. The molecule has 3 heterocycles. The van der Waals surface area contributed by atoms with Crippen LogP contribution in [-0.2, 0) is 0 Å². The van der Waals surface area contributed by atoms with Crippen LogP contribution in [0.1, 0.15) is 59.6 Å². The Bertz CT molecular complexity index is 941. The van der Waals surface area contributed by atoms with Crippen LogP contribution in [0.15, 0.2) is 42.6 Å². The van der Waals surface area contributed by atoms with E-state index in [1.807, 2.05) is 47.3 Å². The number of aromatic nitrogens is 3. The Morgan fingerprint density at radius 3 is 2.71 bits per heavy atom. The topological polar surface area (TPSA) is 71.8 Å². The molecule has 0 bridgehead atoms. The summed E-state index contributed by atoms with van der Waals surface area (Å²) >= 11 is 1.57. The van der Waals surface area contributed by atoms with Crippen LogP contribution in [0.3, 0.4) is 0 Å². The number of nitrogens with zero attached hydrogens (tertiary/aromatic N) is 3. The van der Waals surface area contributed by atoms with E-state index >= 15 is 0 Å². The van der Waals surface area contributed by atoms with Crippen molar-refractivity contribution in [1.29, 1.82) is 0 Å². The van der Waals surface area contributed by atoms with Crippen LogP contribution in [0.2, 0.25) is 0 Å². The number of thiazole rings is 1. The molecule has 0 radical (unpaired) electrons. The number of para-hydroxylation sites is 1. The zero-order valence-electron chi connectivity index (χ0n) is 16.2. The first-order valence-corrected chi connectivity index (χ1v) is 10.6. The summed E-state index contributed by atoms with van der Waals surface area (Å²) in [5, 5.41) is 11.5. The van der Waals surface area contributed by atoms with E-state index in [0.717, 1.165) is 37.3 Å². The van der Waals surface area contributed by atoms with Gasteiger partial charge in [0.2, 0.25) is 0 Å². The van der Waals surface area contributed by atoms with Gasteiger partial charge in [0, 0.05) is 16.8 Å². The van der Waals surface area contributed by atoms with E-state index in [4.69, 9.17) is 0 Å². The molecule has 7 heteroatoms. The van der Waals surface area contributed by atoms with Gasteiger partial charge in [0.1, 0.15) is 0 Å². The van der Waals surface area contributed by atoms with Crippen LogP contribution in [-0.4, -0.2) is 33.8 Å². The number of hydrogen-bond donors (Lipinski definition) is 2. The minimum atomic E-state index is -0.220. The molecule has 1 fully saturated rings. The molecule has 2 N–H and O–H groups in total. The smallest absolute Gasteiger partial charge is 0.277 e. The quantitative estimate of drug-likeness (QED) is 0.680. The average molecular weight is 396 g/mol. The zero-order chi connectivity index (χ0) is 19.5. The van der Waals surface area contributed by atoms with Crippen molar-refractivity contribution in [2.45, 2.75) is 38.5 Å². The van der Waals surface area contributed by atoms with Crippen LogP contribution < -0.4 is 10.6 Å². The highest BCUT2D eigenvalue weighted by Crippen LogP contribution is 2.32. The Morgan fingerprint density at radius 2 is 2.00 bits per heavy atom. The minimum absolute atomic E-state index is 0.220. The second kappa shape index (κ2) is 8.24. The van der Waals surface area contributed by atoms with Gasteiger partial charge >= 0.3 is 0 Å². The highest BCUT2D eigenvalue weighted by molar-refractivity contribution is 7.15. The lowest BCUT2D eigenvalue weighted by Crippen LogP contribution is -2.26. The summed E-state index contributed by atoms with van der Waals surface area (Å²) in [6.07, 6.45) is 4.14. The summed E-state index contributed by atoms with van der Waals surface area (Å²) in [5.74, 6) is 0.567. The van der Waals surface area contributed by atoms with Gasteiger partial charge in [0.15, 0.2) is 10.8 Å². The van der Waals surface area contributed by atoms with Crippen LogP contribution >= 0.6 is 11.3 Å².